The number of imidazole rings is 1. The first-order chi connectivity index (χ1) is 29.2. The molecule has 5 heteroatoms. The summed E-state index contributed by atoms with van der Waals surface area (Å²) in [5, 5.41) is 2.38. The highest BCUT2D eigenvalue weighted by molar-refractivity contribution is 6.11. The number of fused-ring (bicyclic) bond motifs is 4. The fourth-order valence-electron chi connectivity index (χ4n) is 8.79. The van der Waals surface area contributed by atoms with Crippen molar-refractivity contribution in [2.75, 3.05) is 4.90 Å². The Labute approximate surface area is 352 Å². The number of rotatable bonds is 8. The molecule has 0 saturated carbocycles. The fraction of sp³-hybridized carbons (Fsp3) is 0.127. The lowest BCUT2D eigenvalue weighted by Gasteiger charge is -2.30. The van der Waals surface area contributed by atoms with E-state index in [0.717, 1.165) is 67.4 Å². The van der Waals surface area contributed by atoms with E-state index in [0.29, 0.717) is 5.92 Å². The Morgan fingerprint density at radius 3 is 1.82 bits per heavy atom. The average Bonchev–Trinajstić information content (AvgIpc) is 3.84. The number of nitrogens with zero attached hydrogens (tertiary/aromatic N) is 5. The van der Waals surface area contributed by atoms with E-state index in [1.165, 1.54) is 21.9 Å². The van der Waals surface area contributed by atoms with Gasteiger partial charge in [-0.1, -0.05) is 117 Å². The highest BCUT2D eigenvalue weighted by Gasteiger charge is 2.27. The van der Waals surface area contributed by atoms with Crippen LogP contribution in [0.1, 0.15) is 46.1 Å². The van der Waals surface area contributed by atoms with Crippen molar-refractivity contribution in [3.63, 3.8) is 0 Å². The van der Waals surface area contributed by atoms with Crippen LogP contribution in [0.4, 0.5) is 17.1 Å². The maximum Gasteiger partial charge on any atom is 0.191 e. The molecule has 0 spiro atoms. The molecule has 0 N–H and O–H groups in total. The minimum atomic E-state index is -0.106. The van der Waals surface area contributed by atoms with Crippen LogP contribution in [-0.2, 0) is 5.54 Å². The third-order valence-electron chi connectivity index (χ3n) is 11.7. The van der Waals surface area contributed by atoms with E-state index >= 15 is 0 Å². The highest BCUT2D eigenvalue weighted by Crippen LogP contribution is 2.48. The molecule has 60 heavy (non-hydrogen) atoms. The molecule has 0 amide bonds. The summed E-state index contributed by atoms with van der Waals surface area (Å²) in [6.07, 6.45) is 4.20. The van der Waals surface area contributed by atoms with Crippen LogP contribution in [0.5, 0.6) is 0 Å². The van der Waals surface area contributed by atoms with Gasteiger partial charge in [0.2, 0.25) is 0 Å². The lowest BCUT2D eigenvalue weighted by atomic mass is 9.94. The van der Waals surface area contributed by atoms with E-state index < -0.39 is 0 Å². The SMILES string of the molecule is CC(C)c1ccnc(-n2c3ccccc3c3ccc(N(c4cccc(-n5[cH+]n(C(C)(C)C)c6ccccc65)c4)c4c(-c5ccccc5)cccc4-c4ccccc4)cc32)c1. The summed E-state index contributed by atoms with van der Waals surface area (Å²) in [5.74, 6) is 1.29. The van der Waals surface area contributed by atoms with Gasteiger partial charge in [0, 0.05) is 58.0 Å². The van der Waals surface area contributed by atoms with Gasteiger partial charge in [-0.2, -0.15) is 4.57 Å². The monoisotopic (exact) mass is 778 g/mol. The summed E-state index contributed by atoms with van der Waals surface area (Å²) < 4.78 is 7.05. The number of aromatic nitrogens is 4. The van der Waals surface area contributed by atoms with Gasteiger partial charge in [-0.15, -0.1) is 0 Å². The van der Waals surface area contributed by atoms with Crippen molar-refractivity contribution >= 4 is 49.9 Å². The molecule has 10 rings (SSSR count). The van der Waals surface area contributed by atoms with Crippen molar-refractivity contribution in [3.05, 3.63) is 200 Å². The van der Waals surface area contributed by atoms with Crippen molar-refractivity contribution in [1.29, 1.82) is 0 Å². The predicted molar refractivity (Wildman–Crippen MR) is 252 cm³/mol. The predicted octanol–water partition coefficient (Wildman–Crippen LogP) is 14.9. The summed E-state index contributed by atoms with van der Waals surface area (Å²) in [7, 11) is 0. The second kappa shape index (κ2) is 14.9. The quantitative estimate of drug-likeness (QED) is 0.144. The first-order valence-corrected chi connectivity index (χ1v) is 20.9. The molecule has 292 valence electrons. The van der Waals surface area contributed by atoms with Crippen LogP contribution in [-0.4, -0.2) is 18.7 Å². The molecule has 0 aliphatic rings. The van der Waals surface area contributed by atoms with Gasteiger partial charge in [-0.25, -0.2) is 9.55 Å². The molecule has 0 bridgehead atoms. The van der Waals surface area contributed by atoms with Crippen LogP contribution in [0.15, 0.2) is 195 Å². The summed E-state index contributed by atoms with van der Waals surface area (Å²) in [6.45, 7) is 11.3. The van der Waals surface area contributed by atoms with Gasteiger partial charge in [0.1, 0.15) is 11.5 Å². The van der Waals surface area contributed by atoms with Crippen molar-refractivity contribution in [3.8, 4) is 33.8 Å². The van der Waals surface area contributed by atoms with Gasteiger partial charge < -0.3 is 4.90 Å². The Balaban J connectivity index is 1.29. The van der Waals surface area contributed by atoms with Crippen LogP contribution < -0.4 is 4.90 Å². The summed E-state index contributed by atoms with van der Waals surface area (Å²) in [5.41, 5.74) is 14.6. The zero-order chi connectivity index (χ0) is 41.0. The number of hydrogen-bond acceptors (Lipinski definition) is 2. The molecule has 0 aliphatic heterocycles. The summed E-state index contributed by atoms with van der Waals surface area (Å²) in [4.78, 5) is 7.47. The molecule has 3 aromatic heterocycles. The van der Waals surface area contributed by atoms with Gasteiger partial charge in [-0.05, 0) is 98.0 Å². The van der Waals surface area contributed by atoms with Crippen LogP contribution in [0.2, 0.25) is 0 Å². The highest BCUT2D eigenvalue weighted by atomic mass is 15.2. The molecule has 3 heterocycles. The molecule has 0 fully saturated rings. The Morgan fingerprint density at radius 2 is 1.13 bits per heavy atom. The van der Waals surface area contributed by atoms with E-state index in [-0.39, 0.29) is 5.54 Å². The number of pyridine rings is 1. The minimum absolute atomic E-state index is 0.106. The standard InChI is InChI=1S/C55H48N5/c1-38(2)41-32-33-56-53(34-41)60-49-27-13-12-24-47(49)48-31-30-44(36-52(48)60)59(54-45(39-18-8-6-9-19-39)25-17-26-46(54)40-20-10-7-11-21-40)43-23-16-22-42(35-43)57-37-58(55(3,4)5)51-29-15-14-28-50(51)57/h6-38H,1-5H3/q+1. The molecule has 5 nitrogen and oxygen atoms in total. The normalized spacial score (nSPS) is 11.9. The largest absolute Gasteiger partial charge is 0.308 e. The Hall–Kier alpha value is -7.24. The number of hydrogen-bond donors (Lipinski definition) is 0. The minimum Gasteiger partial charge on any atom is -0.308 e. The second-order valence-electron chi connectivity index (χ2n) is 17.0. The molecule has 0 radical (unpaired) electrons. The molecular weight excluding hydrogens is 731 g/mol. The topological polar surface area (TPSA) is 30.9 Å². The first kappa shape index (κ1) is 37.1. The van der Waals surface area contributed by atoms with Gasteiger partial charge in [0.05, 0.1) is 27.9 Å². The van der Waals surface area contributed by atoms with E-state index in [2.05, 4.69) is 242 Å². The molecular formula is C55H48N5+. The molecule has 0 aliphatic carbocycles. The van der Waals surface area contributed by atoms with Crippen molar-refractivity contribution < 1.29 is 0 Å². The maximum atomic E-state index is 5.00. The van der Waals surface area contributed by atoms with Gasteiger partial charge in [0.25, 0.3) is 0 Å². The third-order valence-corrected chi connectivity index (χ3v) is 11.7. The van der Waals surface area contributed by atoms with Crippen LogP contribution in [0.3, 0.4) is 0 Å². The van der Waals surface area contributed by atoms with Crippen LogP contribution >= 0.6 is 0 Å². The van der Waals surface area contributed by atoms with E-state index in [9.17, 15) is 0 Å². The van der Waals surface area contributed by atoms with Crippen molar-refractivity contribution in [1.82, 2.24) is 18.7 Å². The first-order valence-electron chi connectivity index (χ1n) is 20.9. The van der Waals surface area contributed by atoms with Gasteiger partial charge >= 0.3 is 0 Å². The zero-order valence-electron chi connectivity index (χ0n) is 34.8. The second-order valence-corrected chi connectivity index (χ2v) is 17.0. The zero-order valence-corrected chi connectivity index (χ0v) is 34.8. The molecule has 0 saturated heterocycles. The Morgan fingerprint density at radius 1 is 0.533 bits per heavy atom. The molecule has 0 atom stereocenters. The van der Waals surface area contributed by atoms with Crippen LogP contribution in [0, 0.1) is 0 Å². The average molecular weight is 779 g/mol. The third kappa shape index (κ3) is 6.43. The lowest BCUT2D eigenvalue weighted by molar-refractivity contribution is 0.406. The van der Waals surface area contributed by atoms with E-state index in [4.69, 9.17) is 4.98 Å². The van der Waals surface area contributed by atoms with Crippen molar-refractivity contribution in [2.24, 2.45) is 0 Å². The molecule has 10 aromatic rings. The van der Waals surface area contributed by atoms with Crippen molar-refractivity contribution in [2.45, 2.75) is 46.1 Å². The number of anilines is 3. The Bertz CT molecular complexity index is 3110. The number of benzene rings is 7. The van der Waals surface area contributed by atoms with E-state index in [1.807, 2.05) is 6.20 Å². The summed E-state index contributed by atoms with van der Waals surface area (Å²) in [6, 6.07) is 66.0. The Kier molecular flexibility index (Phi) is 9.17. The number of para-hydroxylation sites is 4. The van der Waals surface area contributed by atoms with E-state index in [1.54, 1.807) is 0 Å². The lowest BCUT2D eigenvalue weighted by Crippen LogP contribution is -2.20. The smallest absolute Gasteiger partial charge is 0.191 e. The summed E-state index contributed by atoms with van der Waals surface area (Å²) >= 11 is 0. The molecule has 0 unspecified atom stereocenters. The van der Waals surface area contributed by atoms with Gasteiger partial charge in [0.15, 0.2) is 17.4 Å². The van der Waals surface area contributed by atoms with Gasteiger partial charge in [-0.3, -0.25) is 4.57 Å². The molecule has 7 aromatic carbocycles. The van der Waals surface area contributed by atoms with Crippen LogP contribution in [0.25, 0.3) is 66.6 Å². The maximum absolute atomic E-state index is 5.00. The fourth-order valence-corrected chi connectivity index (χ4v) is 8.79.